The highest BCUT2D eigenvalue weighted by Crippen LogP contribution is 2.36. The topological polar surface area (TPSA) is 79.3 Å². The van der Waals surface area contributed by atoms with Crippen LogP contribution in [0, 0.1) is 0 Å². The third kappa shape index (κ3) is 2.97. The first-order chi connectivity index (χ1) is 10.0. The molecule has 3 aliphatic rings. The molecule has 1 spiro atoms. The second-order valence-electron chi connectivity index (χ2n) is 5.99. The van der Waals surface area contributed by atoms with Crippen LogP contribution in [0.4, 0.5) is 0 Å². The summed E-state index contributed by atoms with van der Waals surface area (Å²) in [7, 11) is -3.41. The van der Waals surface area contributed by atoms with Gasteiger partial charge in [-0.15, -0.1) is 0 Å². The molecule has 3 saturated heterocycles. The maximum atomic E-state index is 12.6. The number of piperidine rings is 1. The smallest absolute Gasteiger partial charge is 0.282 e. The van der Waals surface area contributed by atoms with E-state index < -0.39 is 21.9 Å². The van der Waals surface area contributed by atoms with Crippen molar-refractivity contribution in [2.45, 2.75) is 37.4 Å². The molecule has 3 rings (SSSR count). The number of aliphatic hydroxyl groups is 1. The Balaban J connectivity index is 1.64. The highest BCUT2D eigenvalue weighted by Gasteiger charge is 2.46. The van der Waals surface area contributed by atoms with Crippen LogP contribution in [0.15, 0.2) is 0 Å². The highest BCUT2D eigenvalue weighted by molar-refractivity contribution is 7.86. The largest absolute Gasteiger partial charge is 0.390 e. The van der Waals surface area contributed by atoms with E-state index in [-0.39, 0.29) is 0 Å². The molecule has 0 aromatic heterocycles. The van der Waals surface area contributed by atoms with Gasteiger partial charge in [-0.2, -0.15) is 17.0 Å². The van der Waals surface area contributed by atoms with E-state index in [1.54, 1.807) is 0 Å². The van der Waals surface area contributed by atoms with Gasteiger partial charge in [0, 0.05) is 32.8 Å². The molecule has 3 fully saturated rings. The fourth-order valence-corrected chi connectivity index (χ4v) is 5.01. The summed E-state index contributed by atoms with van der Waals surface area (Å²) >= 11 is 0. The van der Waals surface area contributed by atoms with Crippen LogP contribution in [0.1, 0.15) is 25.7 Å². The number of morpholine rings is 1. The Labute approximate surface area is 126 Å². The van der Waals surface area contributed by atoms with Crippen LogP contribution < -0.4 is 0 Å². The fourth-order valence-electron chi connectivity index (χ4n) is 3.42. The average molecular weight is 320 g/mol. The van der Waals surface area contributed by atoms with E-state index in [2.05, 4.69) is 0 Å². The minimum atomic E-state index is -3.41. The number of aliphatic hydroxyl groups excluding tert-OH is 1. The van der Waals surface area contributed by atoms with E-state index in [1.165, 1.54) is 8.61 Å². The van der Waals surface area contributed by atoms with Crippen molar-refractivity contribution in [1.29, 1.82) is 0 Å². The predicted molar refractivity (Wildman–Crippen MR) is 76.0 cm³/mol. The standard InChI is InChI=1S/C13H24N2O5S/c16-12-2-1-9-20-13(12)3-5-14(6-4-13)21(17,18)15-7-10-19-11-8-15/h12,16H,1-11H2. The highest BCUT2D eigenvalue weighted by atomic mass is 32.2. The molecule has 3 aliphatic heterocycles. The molecule has 8 heteroatoms. The van der Waals surface area contributed by atoms with Crippen molar-refractivity contribution in [3.8, 4) is 0 Å². The van der Waals surface area contributed by atoms with Crippen molar-refractivity contribution < 1.29 is 23.0 Å². The minimum Gasteiger partial charge on any atom is -0.390 e. The van der Waals surface area contributed by atoms with E-state index in [1.807, 2.05) is 0 Å². The zero-order valence-electron chi connectivity index (χ0n) is 12.2. The summed E-state index contributed by atoms with van der Waals surface area (Å²) in [5.74, 6) is 0. The summed E-state index contributed by atoms with van der Waals surface area (Å²) in [5.41, 5.74) is -0.532. The molecule has 122 valence electrons. The van der Waals surface area contributed by atoms with Crippen molar-refractivity contribution in [3.63, 3.8) is 0 Å². The maximum Gasteiger partial charge on any atom is 0.282 e. The summed E-state index contributed by atoms with van der Waals surface area (Å²) in [6.07, 6.45) is 2.28. The molecule has 0 aliphatic carbocycles. The molecule has 1 atom stereocenters. The van der Waals surface area contributed by atoms with Crippen molar-refractivity contribution in [1.82, 2.24) is 8.61 Å². The molecule has 0 saturated carbocycles. The van der Waals surface area contributed by atoms with Gasteiger partial charge in [0.15, 0.2) is 0 Å². The number of nitrogens with zero attached hydrogens (tertiary/aromatic N) is 2. The van der Waals surface area contributed by atoms with Crippen molar-refractivity contribution in [2.75, 3.05) is 46.0 Å². The average Bonchev–Trinajstić information content (AvgIpc) is 2.52. The molecule has 0 aromatic rings. The van der Waals surface area contributed by atoms with E-state index in [4.69, 9.17) is 9.47 Å². The summed E-state index contributed by atoms with van der Waals surface area (Å²) in [6.45, 7) is 3.24. The zero-order chi connectivity index (χ0) is 14.9. The number of hydrogen-bond acceptors (Lipinski definition) is 5. The van der Waals surface area contributed by atoms with Gasteiger partial charge >= 0.3 is 0 Å². The number of ether oxygens (including phenoxy) is 2. The van der Waals surface area contributed by atoms with E-state index in [0.717, 1.165) is 12.8 Å². The summed E-state index contributed by atoms with van der Waals surface area (Å²) in [4.78, 5) is 0. The van der Waals surface area contributed by atoms with Crippen molar-refractivity contribution in [2.24, 2.45) is 0 Å². The van der Waals surface area contributed by atoms with E-state index in [0.29, 0.717) is 58.8 Å². The van der Waals surface area contributed by atoms with Gasteiger partial charge in [0.1, 0.15) is 0 Å². The Hall–Kier alpha value is -0.250. The summed E-state index contributed by atoms with van der Waals surface area (Å²) < 4.78 is 39.2. The number of hydrogen-bond donors (Lipinski definition) is 1. The zero-order valence-corrected chi connectivity index (χ0v) is 13.1. The molecular weight excluding hydrogens is 296 g/mol. The molecule has 21 heavy (non-hydrogen) atoms. The van der Waals surface area contributed by atoms with Crippen LogP contribution in [-0.2, 0) is 19.7 Å². The lowest BCUT2D eigenvalue weighted by Gasteiger charge is -2.47. The van der Waals surface area contributed by atoms with Gasteiger partial charge in [0.25, 0.3) is 10.2 Å². The molecule has 1 N–H and O–H groups in total. The van der Waals surface area contributed by atoms with Crippen molar-refractivity contribution in [3.05, 3.63) is 0 Å². The van der Waals surface area contributed by atoms with Gasteiger partial charge in [-0.1, -0.05) is 0 Å². The van der Waals surface area contributed by atoms with Gasteiger partial charge in [-0.25, -0.2) is 0 Å². The first-order valence-electron chi connectivity index (χ1n) is 7.70. The van der Waals surface area contributed by atoms with Gasteiger partial charge < -0.3 is 14.6 Å². The Kier molecular flexibility index (Phi) is 4.54. The van der Waals surface area contributed by atoms with Crippen LogP contribution in [0.3, 0.4) is 0 Å². The molecule has 3 heterocycles. The fraction of sp³-hybridized carbons (Fsp3) is 1.00. The quantitative estimate of drug-likeness (QED) is 0.747. The third-order valence-corrected chi connectivity index (χ3v) is 6.85. The van der Waals surface area contributed by atoms with Gasteiger partial charge in [-0.3, -0.25) is 0 Å². The lowest BCUT2D eigenvalue weighted by Crippen LogP contribution is -2.58. The number of rotatable bonds is 2. The normalized spacial score (nSPS) is 32.3. The van der Waals surface area contributed by atoms with Crippen LogP contribution in [0.5, 0.6) is 0 Å². The van der Waals surface area contributed by atoms with E-state index in [9.17, 15) is 13.5 Å². The first kappa shape index (κ1) is 15.6. The van der Waals surface area contributed by atoms with Gasteiger partial charge in [0.2, 0.25) is 0 Å². The maximum absolute atomic E-state index is 12.6. The lowest BCUT2D eigenvalue weighted by molar-refractivity contribution is -0.172. The van der Waals surface area contributed by atoms with Crippen LogP contribution in [0.2, 0.25) is 0 Å². The van der Waals surface area contributed by atoms with Crippen LogP contribution in [0.25, 0.3) is 0 Å². The molecule has 0 amide bonds. The second kappa shape index (κ2) is 6.10. The SMILES string of the molecule is O=S(=O)(N1CCOCC1)N1CCC2(CC1)OCCCC2O. The molecule has 0 aromatic carbocycles. The van der Waals surface area contributed by atoms with Gasteiger partial charge in [0.05, 0.1) is 24.9 Å². The monoisotopic (exact) mass is 320 g/mol. The molecule has 7 nitrogen and oxygen atoms in total. The summed E-state index contributed by atoms with van der Waals surface area (Å²) in [5, 5.41) is 10.2. The minimum absolute atomic E-state index is 0.413. The third-order valence-electron chi connectivity index (χ3n) is 4.81. The van der Waals surface area contributed by atoms with Gasteiger partial charge in [-0.05, 0) is 25.7 Å². The molecular formula is C13H24N2O5S. The second-order valence-corrected chi connectivity index (χ2v) is 7.92. The Morgan fingerprint density at radius 3 is 2.24 bits per heavy atom. The molecule has 0 radical (unpaired) electrons. The van der Waals surface area contributed by atoms with Crippen LogP contribution >= 0.6 is 0 Å². The molecule has 1 unspecified atom stereocenters. The summed E-state index contributed by atoms with van der Waals surface area (Å²) in [6, 6.07) is 0. The molecule has 0 bridgehead atoms. The van der Waals surface area contributed by atoms with Crippen molar-refractivity contribution >= 4 is 10.2 Å². The Morgan fingerprint density at radius 1 is 1.00 bits per heavy atom. The first-order valence-corrected chi connectivity index (χ1v) is 9.09. The lowest BCUT2D eigenvalue weighted by atomic mass is 9.82. The Bertz CT molecular complexity index is 455. The van der Waals surface area contributed by atoms with Crippen LogP contribution in [-0.4, -0.2) is 79.8 Å². The predicted octanol–water partition coefficient (Wildman–Crippen LogP) is -0.431. The Morgan fingerprint density at radius 2 is 1.62 bits per heavy atom. The van der Waals surface area contributed by atoms with E-state index >= 15 is 0 Å².